The summed E-state index contributed by atoms with van der Waals surface area (Å²) in [5.41, 5.74) is 1.91. The monoisotopic (exact) mass is 435 g/mol. The van der Waals surface area contributed by atoms with Gasteiger partial charge in [0.1, 0.15) is 0 Å². The van der Waals surface area contributed by atoms with Crippen molar-refractivity contribution < 1.29 is 14.3 Å². The summed E-state index contributed by atoms with van der Waals surface area (Å²) in [5, 5.41) is 1.15. The maximum absolute atomic E-state index is 13.4. The van der Waals surface area contributed by atoms with Crippen molar-refractivity contribution in [2.24, 2.45) is 0 Å². The third kappa shape index (κ3) is 4.07. The summed E-state index contributed by atoms with van der Waals surface area (Å²) < 4.78 is 6.56. The number of carbonyl (C=O) groups is 2. The van der Waals surface area contributed by atoms with E-state index in [0.29, 0.717) is 45.8 Å². The van der Waals surface area contributed by atoms with E-state index in [0.717, 1.165) is 32.6 Å². The Balaban J connectivity index is 1.40. The van der Waals surface area contributed by atoms with Gasteiger partial charge in [-0.15, -0.1) is 11.3 Å². The maximum atomic E-state index is 13.4. The van der Waals surface area contributed by atoms with Gasteiger partial charge in [0, 0.05) is 48.7 Å². The Hall–Kier alpha value is -2.77. The van der Waals surface area contributed by atoms with Crippen LogP contribution in [0.5, 0.6) is 0 Å². The molecule has 2 aliphatic heterocycles. The van der Waals surface area contributed by atoms with Gasteiger partial charge >= 0.3 is 0 Å². The summed E-state index contributed by atoms with van der Waals surface area (Å²) in [4.78, 5) is 35.2. The van der Waals surface area contributed by atoms with Crippen molar-refractivity contribution in [3.05, 3.63) is 64.8 Å². The Labute approximate surface area is 185 Å². The molecule has 2 aromatic heterocycles. The SMILES string of the molecule is O=C(Cc1ccccn1)N1CC[C@H](c2c(C(=O)N3CCOCC3)sc3ccccc23)C1. The second-order valence-electron chi connectivity index (χ2n) is 8.07. The molecule has 0 radical (unpaired) electrons. The smallest absolute Gasteiger partial charge is 0.264 e. The van der Waals surface area contributed by atoms with E-state index in [4.69, 9.17) is 4.74 Å². The van der Waals surface area contributed by atoms with E-state index in [1.54, 1.807) is 17.5 Å². The minimum absolute atomic E-state index is 0.0952. The minimum Gasteiger partial charge on any atom is -0.378 e. The zero-order valence-electron chi connectivity index (χ0n) is 17.3. The molecule has 2 saturated heterocycles. The van der Waals surface area contributed by atoms with Crippen LogP contribution in [0.4, 0.5) is 0 Å². The van der Waals surface area contributed by atoms with Gasteiger partial charge in [0.25, 0.3) is 5.91 Å². The summed E-state index contributed by atoms with van der Waals surface area (Å²) in [5.74, 6) is 0.364. The molecule has 2 fully saturated rings. The lowest BCUT2D eigenvalue weighted by Crippen LogP contribution is -2.40. The summed E-state index contributed by atoms with van der Waals surface area (Å²) in [6.45, 7) is 3.80. The first-order valence-electron chi connectivity index (χ1n) is 10.8. The fourth-order valence-electron chi connectivity index (χ4n) is 4.53. The van der Waals surface area contributed by atoms with Gasteiger partial charge in [0.2, 0.25) is 5.91 Å². The lowest BCUT2D eigenvalue weighted by Gasteiger charge is -2.27. The van der Waals surface area contributed by atoms with Crippen molar-refractivity contribution in [1.29, 1.82) is 0 Å². The number of nitrogens with zero attached hydrogens (tertiary/aromatic N) is 3. The van der Waals surface area contributed by atoms with Crippen LogP contribution in [0, 0.1) is 0 Å². The highest BCUT2D eigenvalue weighted by molar-refractivity contribution is 7.21. The van der Waals surface area contributed by atoms with E-state index in [9.17, 15) is 9.59 Å². The van der Waals surface area contributed by atoms with Crippen LogP contribution >= 0.6 is 11.3 Å². The van der Waals surface area contributed by atoms with E-state index in [-0.39, 0.29) is 17.7 Å². The Bertz CT molecular complexity index is 1090. The fourth-order valence-corrected chi connectivity index (χ4v) is 5.79. The number of rotatable bonds is 4. The van der Waals surface area contributed by atoms with Crippen LogP contribution in [0.1, 0.15) is 33.3 Å². The Morgan fingerprint density at radius 2 is 1.84 bits per heavy atom. The third-order valence-electron chi connectivity index (χ3n) is 6.13. The van der Waals surface area contributed by atoms with Crippen molar-refractivity contribution in [1.82, 2.24) is 14.8 Å². The molecule has 0 N–H and O–H groups in total. The maximum Gasteiger partial charge on any atom is 0.264 e. The number of hydrogen-bond acceptors (Lipinski definition) is 5. The first kappa shape index (κ1) is 20.2. The molecule has 3 aromatic rings. The van der Waals surface area contributed by atoms with Gasteiger partial charge in [0.05, 0.1) is 24.5 Å². The summed E-state index contributed by atoms with van der Waals surface area (Å²) in [6, 6.07) is 13.9. The fraction of sp³-hybridized carbons (Fsp3) is 0.375. The number of fused-ring (bicyclic) bond motifs is 1. The molecule has 1 atom stereocenters. The third-order valence-corrected chi connectivity index (χ3v) is 7.31. The van der Waals surface area contributed by atoms with Crippen LogP contribution in [0.3, 0.4) is 0 Å². The number of morpholine rings is 1. The van der Waals surface area contributed by atoms with E-state index in [1.807, 2.05) is 40.1 Å². The van der Waals surface area contributed by atoms with Crippen molar-refractivity contribution in [2.45, 2.75) is 18.8 Å². The van der Waals surface area contributed by atoms with Crippen molar-refractivity contribution >= 4 is 33.2 Å². The van der Waals surface area contributed by atoms with Gasteiger partial charge < -0.3 is 14.5 Å². The largest absolute Gasteiger partial charge is 0.378 e. The summed E-state index contributed by atoms with van der Waals surface area (Å²) >= 11 is 1.58. The molecule has 4 heterocycles. The normalized spacial score (nSPS) is 19.2. The summed E-state index contributed by atoms with van der Waals surface area (Å²) in [7, 11) is 0. The molecule has 0 saturated carbocycles. The molecule has 0 bridgehead atoms. The van der Waals surface area contributed by atoms with Crippen molar-refractivity contribution in [3.8, 4) is 0 Å². The first-order chi connectivity index (χ1) is 15.2. The van der Waals surface area contributed by atoms with Gasteiger partial charge in [-0.25, -0.2) is 0 Å². The zero-order valence-corrected chi connectivity index (χ0v) is 18.1. The zero-order chi connectivity index (χ0) is 21.2. The lowest BCUT2D eigenvalue weighted by atomic mass is 9.94. The van der Waals surface area contributed by atoms with E-state index in [1.165, 1.54) is 0 Å². The molecule has 5 rings (SSSR count). The van der Waals surface area contributed by atoms with Crippen LogP contribution < -0.4 is 0 Å². The molecular weight excluding hydrogens is 410 g/mol. The second kappa shape index (κ2) is 8.77. The molecule has 0 unspecified atom stereocenters. The van der Waals surface area contributed by atoms with Gasteiger partial charge in [0.15, 0.2) is 0 Å². The first-order valence-corrected chi connectivity index (χ1v) is 11.6. The van der Waals surface area contributed by atoms with Gasteiger partial charge in [-0.2, -0.15) is 0 Å². The Morgan fingerprint density at radius 3 is 2.65 bits per heavy atom. The van der Waals surface area contributed by atoms with Gasteiger partial charge in [-0.05, 0) is 35.6 Å². The van der Waals surface area contributed by atoms with Gasteiger partial charge in [-0.1, -0.05) is 24.3 Å². The average Bonchev–Trinajstić information content (AvgIpc) is 3.44. The number of amides is 2. The molecule has 1 aromatic carbocycles. The van der Waals surface area contributed by atoms with E-state index in [2.05, 4.69) is 17.1 Å². The molecule has 0 aliphatic carbocycles. The van der Waals surface area contributed by atoms with Crippen LogP contribution in [0.25, 0.3) is 10.1 Å². The van der Waals surface area contributed by atoms with Gasteiger partial charge in [-0.3, -0.25) is 14.6 Å². The lowest BCUT2D eigenvalue weighted by molar-refractivity contribution is -0.129. The highest BCUT2D eigenvalue weighted by atomic mass is 32.1. The predicted octanol–water partition coefficient (Wildman–Crippen LogP) is 3.33. The molecule has 6 nitrogen and oxygen atoms in total. The molecule has 2 amide bonds. The van der Waals surface area contributed by atoms with Crippen LogP contribution in [0.15, 0.2) is 48.7 Å². The highest BCUT2D eigenvalue weighted by Crippen LogP contribution is 2.40. The Morgan fingerprint density at radius 1 is 1.03 bits per heavy atom. The van der Waals surface area contributed by atoms with Crippen LogP contribution in [0.2, 0.25) is 0 Å². The molecule has 31 heavy (non-hydrogen) atoms. The number of ether oxygens (including phenoxy) is 1. The predicted molar refractivity (Wildman–Crippen MR) is 120 cm³/mol. The molecule has 160 valence electrons. The number of thiophene rings is 1. The molecule has 2 aliphatic rings. The van der Waals surface area contributed by atoms with Crippen molar-refractivity contribution in [3.63, 3.8) is 0 Å². The number of carbonyl (C=O) groups excluding carboxylic acids is 2. The van der Waals surface area contributed by atoms with Crippen LogP contribution in [-0.4, -0.2) is 66.0 Å². The average molecular weight is 436 g/mol. The van der Waals surface area contributed by atoms with E-state index >= 15 is 0 Å². The number of likely N-dealkylation sites (tertiary alicyclic amines) is 1. The minimum atomic E-state index is 0.0952. The molecular formula is C24H25N3O3S. The highest BCUT2D eigenvalue weighted by Gasteiger charge is 2.34. The van der Waals surface area contributed by atoms with Crippen molar-refractivity contribution in [2.75, 3.05) is 39.4 Å². The number of benzene rings is 1. The van der Waals surface area contributed by atoms with E-state index < -0.39 is 0 Å². The second-order valence-corrected chi connectivity index (χ2v) is 9.12. The number of hydrogen-bond donors (Lipinski definition) is 0. The summed E-state index contributed by atoms with van der Waals surface area (Å²) in [6.07, 6.45) is 2.91. The Kier molecular flexibility index (Phi) is 5.70. The standard InChI is InChI=1S/C24H25N3O3S/c28-21(15-18-5-3-4-9-25-18)27-10-8-17(16-27)22-19-6-1-2-7-20(19)31-23(22)24(29)26-11-13-30-14-12-26/h1-7,9,17H,8,10-16H2/t17-/m0/s1. The number of aromatic nitrogens is 1. The topological polar surface area (TPSA) is 62.7 Å². The number of pyridine rings is 1. The van der Waals surface area contributed by atoms with Crippen LogP contribution in [-0.2, 0) is 16.0 Å². The molecule has 7 heteroatoms. The molecule has 0 spiro atoms. The quantitative estimate of drug-likeness (QED) is 0.631.